The van der Waals surface area contributed by atoms with Gasteiger partial charge in [-0.1, -0.05) is 36.4 Å². The first-order chi connectivity index (χ1) is 19.0. The minimum absolute atomic E-state index is 0.0910. The van der Waals surface area contributed by atoms with Gasteiger partial charge in [0.15, 0.2) is 0 Å². The van der Waals surface area contributed by atoms with Crippen LogP contribution in [0.4, 0.5) is 4.79 Å². The summed E-state index contributed by atoms with van der Waals surface area (Å²) in [5.41, 5.74) is 3.43. The van der Waals surface area contributed by atoms with E-state index in [-0.39, 0.29) is 12.6 Å². The lowest BCUT2D eigenvalue weighted by molar-refractivity contribution is 0.0141. The van der Waals surface area contributed by atoms with Gasteiger partial charge in [-0.3, -0.25) is 4.98 Å². The van der Waals surface area contributed by atoms with E-state index in [0.29, 0.717) is 29.8 Å². The molecule has 1 aromatic heterocycles. The average Bonchev–Trinajstić information content (AvgIpc) is 2.91. The van der Waals surface area contributed by atoms with Gasteiger partial charge >= 0.3 is 12.1 Å². The van der Waals surface area contributed by atoms with Crippen LogP contribution in [-0.4, -0.2) is 59.0 Å². The average molecular weight is 549 g/mol. The van der Waals surface area contributed by atoms with Gasteiger partial charge in [0, 0.05) is 24.5 Å². The number of aryl methyl sites for hydroxylation is 1. The van der Waals surface area contributed by atoms with Crippen LogP contribution in [0.1, 0.15) is 68.6 Å². The predicted octanol–water partition coefficient (Wildman–Crippen LogP) is 6.23. The molecular formula is C32H40N2O6. The van der Waals surface area contributed by atoms with Crippen LogP contribution in [0.2, 0.25) is 0 Å². The first-order valence-corrected chi connectivity index (χ1v) is 13.5. The molecule has 1 amide bonds. The van der Waals surface area contributed by atoms with Crippen LogP contribution in [0.3, 0.4) is 0 Å². The predicted molar refractivity (Wildman–Crippen MR) is 154 cm³/mol. The lowest BCUT2D eigenvalue weighted by atomic mass is 10.00. The molecule has 0 aliphatic heterocycles. The Morgan fingerprint density at radius 3 is 2.33 bits per heavy atom. The van der Waals surface area contributed by atoms with E-state index in [1.807, 2.05) is 58.9 Å². The minimum atomic E-state index is -0.865. The van der Waals surface area contributed by atoms with Crippen molar-refractivity contribution in [2.45, 2.75) is 65.3 Å². The molecule has 0 radical (unpaired) electrons. The Bertz CT molecular complexity index is 1250. The molecule has 0 fully saturated rings. The monoisotopic (exact) mass is 548 g/mol. The Morgan fingerprint density at radius 1 is 1.02 bits per heavy atom. The van der Waals surface area contributed by atoms with Gasteiger partial charge in [0.2, 0.25) is 0 Å². The quantitative estimate of drug-likeness (QED) is 0.284. The van der Waals surface area contributed by atoms with Gasteiger partial charge in [-0.2, -0.15) is 0 Å². The highest BCUT2D eigenvalue weighted by Gasteiger charge is 2.24. The summed E-state index contributed by atoms with van der Waals surface area (Å²) in [6.07, 6.45) is 3.26. The lowest BCUT2D eigenvalue weighted by Crippen LogP contribution is -2.40. The number of pyridine rings is 1. The number of aromatic nitrogens is 1. The Kier molecular flexibility index (Phi) is 10.7. The molecule has 0 spiro atoms. The summed E-state index contributed by atoms with van der Waals surface area (Å²) in [5.74, 6) is 0.0464. The molecule has 0 saturated heterocycles. The SMILES string of the molecule is COC(=O)c1ccc(-c2ccc(CCCN(C[C@H](O)c3cccnc3)C(=O)OC(C)(C)C)cc2)cc1OC(C)C. The maximum Gasteiger partial charge on any atom is 0.410 e. The van der Waals surface area contributed by atoms with Crippen LogP contribution in [0.5, 0.6) is 5.75 Å². The van der Waals surface area contributed by atoms with Crippen molar-refractivity contribution in [3.05, 3.63) is 83.7 Å². The van der Waals surface area contributed by atoms with Crippen LogP contribution < -0.4 is 4.74 Å². The summed E-state index contributed by atoms with van der Waals surface area (Å²) in [5, 5.41) is 10.7. The number of amides is 1. The van der Waals surface area contributed by atoms with Crippen molar-refractivity contribution in [1.29, 1.82) is 0 Å². The van der Waals surface area contributed by atoms with Crippen molar-refractivity contribution in [1.82, 2.24) is 9.88 Å². The van der Waals surface area contributed by atoms with E-state index in [2.05, 4.69) is 17.1 Å². The third-order valence-corrected chi connectivity index (χ3v) is 6.04. The smallest absolute Gasteiger partial charge is 0.410 e. The maximum atomic E-state index is 12.9. The number of benzene rings is 2. The molecule has 40 heavy (non-hydrogen) atoms. The summed E-state index contributed by atoms with van der Waals surface area (Å²) < 4.78 is 16.3. The molecule has 0 aliphatic rings. The fourth-order valence-corrected chi connectivity index (χ4v) is 4.14. The van der Waals surface area contributed by atoms with E-state index < -0.39 is 23.8 Å². The zero-order chi connectivity index (χ0) is 29.3. The molecule has 0 bridgehead atoms. The normalized spacial score (nSPS) is 12.1. The first kappa shape index (κ1) is 30.6. The Hall–Kier alpha value is -3.91. The van der Waals surface area contributed by atoms with Crippen molar-refractivity contribution in [3.8, 4) is 16.9 Å². The number of nitrogens with zero attached hydrogens (tertiary/aromatic N) is 2. The number of methoxy groups -OCH3 is 1. The summed E-state index contributed by atoms with van der Waals surface area (Å²) in [4.78, 5) is 30.6. The fraction of sp³-hybridized carbons (Fsp3) is 0.406. The van der Waals surface area contributed by atoms with Crippen molar-refractivity contribution in [3.63, 3.8) is 0 Å². The van der Waals surface area contributed by atoms with Crippen molar-refractivity contribution >= 4 is 12.1 Å². The molecule has 1 atom stereocenters. The van der Waals surface area contributed by atoms with Gasteiger partial charge in [-0.05, 0) is 82.3 Å². The molecule has 0 aliphatic carbocycles. The molecular weight excluding hydrogens is 508 g/mol. The van der Waals surface area contributed by atoms with Crippen molar-refractivity contribution < 1.29 is 28.9 Å². The standard InChI is InChI=1S/C32H40N2O6/c1-22(2)39-29-19-25(15-16-27(29)30(36)38-6)24-13-11-23(12-14-24)9-8-18-34(31(37)40-32(3,4)5)21-28(35)26-10-7-17-33-20-26/h7,10-17,19-20,22,28,35H,8-9,18,21H2,1-6H3/t28-/m0/s1. The van der Waals surface area contributed by atoms with E-state index >= 15 is 0 Å². The van der Waals surface area contributed by atoms with Crippen LogP contribution in [0, 0.1) is 0 Å². The van der Waals surface area contributed by atoms with E-state index in [1.165, 1.54) is 7.11 Å². The number of aliphatic hydroxyl groups is 1. The zero-order valence-electron chi connectivity index (χ0n) is 24.2. The summed E-state index contributed by atoms with van der Waals surface area (Å²) in [6, 6.07) is 17.1. The number of carbonyl (C=O) groups excluding carboxylic acids is 2. The largest absolute Gasteiger partial charge is 0.490 e. The van der Waals surface area contributed by atoms with Gasteiger partial charge in [0.1, 0.15) is 16.9 Å². The number of hydrogen-bond donors (Lipinski definition) is 1. The molecule has 214 valence electrons. The summed E-state index contributed by atoms with van der Waals surface area (Å²) in [6.45, 7) is 9.83. The van der Waals surface area contributed by atoms with Crippen LogP contribution in [-0.2, 0) is 15.9 Å². The molecule has 8 heteroatoms. The highest BCUT2D eigenvalue weighted by molar-refractivity contribution is 5.93. The van der Waals surface area contributed by atoms with E-state index in [0.717, 1.165) is 23.1 Å². The van der Waals surface area contributed by atoms with Gasteiger partial charge in [0.05, 0.1) is 25.9 Å². The number of hydrogen-bond acceptors (Lipinski definition) is 7. The Morgan fingerprint density at radius 2 is 1.73 bits per heavy atom. The molecule has 8 nitrogen and oxygen atoms in total. The van der Waals surface area contributed by atoms with Crippen LogP contribution in [0.25, 0.3) is 11.1 Å². The molecule has 1 N–H and O–H groups in total. The molecule has 0 unspecified atom stereocenters. The second-order valence-corrected chi connectivity index (χ2v) is 10.9. The molecule has 3 rings (SSSR count). The topological polar surface area (TPSA) is 98.2 Å². The number of ether oxygens (including phenoxy) is 3. The minimum Gasteiger partial charge on any atom is -0.490 e. The van der Waals surface area contributed by atoms with Crippen molar-refractivity contribution in [2.24, 2.45) is 0 Å². The first-order valence-electron chi connectivity index (χ1n) is 13.5. The Labute approximate surface area is 236 Å². The van der Waals surface area contributed by atoms with E-state index in [4.69, 9.17) is 14.2 Å². The maximum absolute atomic E-state index is 12.9. The number of aliphatic hydroxyl groups excluding tert-OH is 1. The molecule has 3 aromatic rings. The van der Waals surface area contributed by atoms with E-state index in [9.17, 15) is 14.7 Å². The molecule has 2 aromatic carbocycles. The van der Waals surface area contributed by atoms with E-state index in [1.54, 1.807) is 35.5 Å². The highest BCUT2D eigenvalue weighted by atomic mass is 16.6. The highest BCUT2D eigenvalue weighted by Crippen LogP contribution is 2.29. The zero-order valence-corrected chi connectivity index (χ0v) is 24.2. The third kappa shape index (κ3) is 9.09. The lowest BCUT2D eigenvalue weighted by Gasteiger charge is -2.29. The van der Waals surface area contributed by atoms with Crippen molar-refractivity contribution in [2.75, 3.05) is 20.2 Å². The number of esters is 1. The number of rotatable bonds is 11. The van der Waals surface area contributed by atoms with Crippen LogP contribution in [0.15, 0.2) is 67.0 Å². The molecule has 0 saturated carbocycles. The summed E-state index contributed by atoms with van der Waals surface area (Å²) in [7, 11) is 1.35. The number of carbonyl (C=O) groups is 2. The van der Waals surface area contributed by atoms with Gasteiger partial charge in [-0.25, -0.2) is 9.59 Å². The second-order valence-electron chi connectivity index (χ2n) is 10.9. The van der Waals surface area contributed by atoms with Gasteiger partial charge in [0.25, 0.3) is 0 Å². The van der Waals surface area contributed by atoms with Gasteiger partial charge < -0.3 is 24.2 Å². The molecule has 1 heterocycles. The Balaban J connectivity index is 1.67. The fourth-order valence-electron chi connectivity index (χ4n) is 4.14. The van der Waals surface area contributed by atoms with Crippen LogP contribution >= 0.6 is 0 Å². The summed E-state index contributed by atoms with van der Waals surface area (Å²) >= 11 is 0. The second kappa shape index (κ2) is 13.9. The third-order valence-electron chi connectivity index (χ3n) is 6.04. The van der Waals surface area contributed by atoms with Gasteiger partial charge in [-0.15, -0.1) is 0 Å².